The van der Waals surface area contributed by atoms with Crippen molar-refractivity contribution in [3.63, 3.8) is 0 Å². The van der Waals surface area contributed by atoms with E-state index in [2.05, 4.69) is 5.32 Å². The first-order valence-electron chi connectivity index (χ1n) is 14.1. The number of carbonyl (C=O) groups excluding carboxylic acids is 1. The number of carboxylic acids is 1. The molecular weight excluding hydrogens is 584 g/mol. The zero-order chi connectivity index (χ0) is 32.0. The van der Waals surface area contributed by atoms with Crippen LogP contribution in [0, 0.1) is 0 Å². The summed E-state index contributed by atoms with van der Waals surface area (Å²) in [6.07, 6.45) is -21.1. The van der Waals surface area contributed by atoms with Gasteiger partial charge in [-0.1, -0.05) is 0 Å². The van der Waals surface area contributed by atoms with Crippen LogP contribution >= 0.6 is 0 Å². The third-order valence-electron chi connectivity index (χ3n) is 7.53. The molecule has 0 bridgehead atoms. The van der Waals surface area contributed by atoms with Gasteiger partial charge in [0.1, 0.15) is 61.0 Å². The highest BCUT2D eigenvalue weighted by atomic mass is 16.8. The van der Waals surface area contributed by atoms with Gasteiger partial charge in [-0.05, 0) is 32.7 Å². The highest BCUT2D eigenvalue weighted by molar-refractivity contribution is 5.73. The first-order chi connectivity index (χ1) is 20.3. The summed E-state index contributed by atoms with van der Waals surface area (Å²) in [5.41, 5.74) is 5.53. The second-order valence-corrected chi connectivity index (χ2v) is 10.8. The van der Waals surface area contributed by atoms with Crippen LogP contribution in [0.25, 0.3) is 0 Å². The first kappa shape index (κ1) is 35.9. The molecule has 1 amide bonds. The van der Waals surface area contributed by atoms with Gasteiger partial charge in [-0.2, -0.15) is 0 Å². The molecule has 0 aliphatic carbocycles. The average molecular weight is 629 g/mol. The Morgan fingerprint density at radius 3 is 1.98 bits per heavy atom. The minimum atomic E-state index is -2.00. The Morgan fingerprint density at radius 2 is 1.40 bits per heavy atom. The third-order valence-corrected chi connectivity index (χ3v) is 7.53. The maximum Gasteiger partial charge on any atom is 0.335 e. The van der Waals surface area contributed by atoms with Crippen molar-refractivity contribution >= 4 is 11.9 Å². The minimum absolute atomic E-state index is 0.174. The monoisotopic (exact) mass is 628 g/mol. The van der Waals surface area contributed by atoms with Crippen LogP contribution in [0.1, 0.15) is 33.1 Å². The van der Waals surface area contributed by atoms with Crippen molar-refractivity contribution < 1.29 is 78.9 Å². The standard InChI is InChI=1S/C25H44N2O16/c1-9-19(41-24-17(34)14(31)13(30)11(8-28)40-24)20(42-25-18(35)15(32)16(33)21(43-25)22(36)37)12(27-10(2)29)23(39-9)38-7-5-3-4-6-26/h9,11-21,23-25,28,30-35H,3-8,26H2,1-2H3,(H,27,29)(H,36,37)/t9-,11?,12-,13+,14?,15?,16-,17-,18-,19+,20?,21?,23+,24-,25+/m0/s1. The van der Waals surface area contributed by atoms with Crippen LogP contribution in [0.4, 0.5) is 0 Å². The maximum absolute atomic E-state index is 12.3. The van der Waals surface area contributed by atoms with Crippen LogP contribution < -0.4 is 11.1 Å². The fourth-order valence-corrected chi connectivity index (χ4v) is 5.15. The van der Waals surface area contributed by atoms with E-state index in [9.17, 15) is 50.4 Å². The van der Waals surface area contributed by atoms with Gasteiger partial charge in [0.15, 0.2) is 25.0 Å². The summed E-state index contributed by atoms with van der Waals surface area (Å²) in [5, 5.41) is 83.7. The molecule has 11 N–H and O–H groups in total. The number of nitrogens with two attached hydrogens (primary N) is 1. The topological polar surface area (TPSA) is 289 Å². The zero-order valence-corrected chi connectivity index (χ0v) is 23.8. The molecule has 5 unspecified atom stereocenters. The van der Waals surface area contributed by atoms with E-state index >= 15 is 0 Å². The van der Waals surface area contributed by atoms with Gasteiger partial charge < -0.3 is 80.3 Å². The highest BCUT2D eigenvalue weighted by Crippen LogP contribution is 2.34. The molecule has 43 heavy (non-hydrogen) atoms. The van der Waals surface area contributed by atoms with Crippen molar-refractivity contribution in [3.05, 3.63) is 0 Å². The number of rotatable bonds is 13. The molecule has 0 aromatic carbocycles. The number of aliphatic hydroxyl groups excluding tert-OH is 7. The second-order valence-electron chi connectivity index (χ2n) is 10.8. The summed E-state index contributed by atoms with van der Waals surface area (Å²) in [5.74, 6) is -2.23. The Hall–Kier alpha value is -1.62. The molecule has 0 aromatic heterocycles. The van der Waals surface area contributed by atoms with Gasteiger partial charge in [-0.3, -0.25) is 4.79 Å². The average Bonchev–Trinajstić information content (AvgIpc) is 2.96. The summed E-state index contributed by atoms with van der Waals surface area (Å²) in [4.78, 5) is 24.0. The van der Waals surface area contributed by atoms with Crippen molar-refractivity contribution in [1.29, 1.82) is 0 Å². The largest absolute Gasteiger partial charge is 0.479 e. The minimum Gasteiger partial charge on any atom is -0.479 e. The molecule has 18 nitrogen and oxygen atoms in total. The number of nitrogens with one attached hydrogen (secondary N) is 1. The number of unbranched alkanes of at least 4 members (excludes halogenated alkanes) is 2. The van der Waals surface area contributed by atoms with E-state index in [4.69, 9.17) is 34.2 Å². The van der Waals surface area contributed by atoms with Crippen LogP contribution in [-0.4, -0.2) is 165 Å². The van der Waals surface area contributed by atoms with Gasteiger partial charge in [0, 0.05) is 13.5 Å². The van der Waals surface area contributed by atoms with Crippen LogP contribution in [0.15, 0.2) is 0 Å². The molecular formula is C25H44N2O16. The lowest BCUT2D eigenvalue weighted by Gasteiger charge is -2.49. The third kappa shape index (κ3) is 8.56. The van der Waals surface area contributed by atoms with Gasteiger partial charge in [-0.25, -0.2) is 4.79 Å². The molecule has 250 valence electrons. The number of ether oxygens (including phenoxy) is 6. The van der Waals surface area contributed by atoms with E-state index in [1.807, 2.05) is 0 Å². The fraction of sp³-hybridized carbons (Fsp3) is 0.920. The Labute approximate surface area is 247 Å². The van der Waals surface area contributed by atoms with Crippen molar-refractivity contribution in [2.24, 2.45) is 5.73 Å². The first-order valence-corrected chi connectivity index (χ1v) is 14.1. The zero-order valence-electron chi connectivity index (χ0n) is 23.8. The quantitative estimate of drug-likeness (QED) is 0.0853. The van der Waals surface area contributed by atoms with Crippen molar-refractivity contribution in [2.45, 2.75) is 125 Å². The number of carbonyl (C=O) groups is 2. The van der Waals surface area contributed by atoms with E-state index < -0.39 is 111 Å². The molecule has 0 spiro atoms. The molecule has 3 rings (SSSR count). The van der Waals surface area contributed by atoms with Crippen molar-refractivity contribution in [2.75, 3.05) is 19.8 Å². The molecule has 3 heterocycles. The van der Waals surface area contributed by atoms with Gasteiger partial charge in [0.2, 0.25) is 5.91 Å². The second kappa shape index (κ2) is 16.1. The van der Waals surface area contributed by atoms with Crippen LogP contribution in [0.3, 0.4) is 0 Å². The Bertz CT molecular complexity index is 899. The summed E-state index contributed by atoms with van der Waals surface area (Å²) < 4.78 is 34.6. The van der Waals surface area contributed by atoms with E-state index in [0.29, 0.717) is 13.0 Å². The van der Waals surface area contributed by atoms with Crippen molar-refractivity contribution in [3.8, 4) is 0 Å². The summed E-state index contributed by atoms with van der Waals surface area (Å²) in [7, 11) is 0. The molecule has 0 radical (unpaired) electrons. The van der Waals surface area contributed by atoms with Gasteiger partial charge >= 0.3 is 5.97 Å². The van der Waals surface area contributed by atoms with Crippen LogP contribution in [0.2, 0.25) is 0 Å². The van der Waals surface area contributed by atoms with E-state index in [-0.39, 0.29) is 6.61 Å². The highest BCUT2D eigenvalue weighted by Gasteiger charge is 2.54. The van der Waals surface area contributed by atoms with Crippen molar-refractivity contribution in [1.82, 2.24) is 5.32 Å². The molecule has 3 fully saturated rings. The molecule has 0 saturated carbocycles. The van der Waals surface area contributed by atoms with Gasteiger partial charge in [0.05, 0.1) is 12.7 Å². The summed E-state index contributed by atoms with van der Waals surface area (Å²) in [6.45, 7) is 2.62. The smallest absolute Gasteiger partial charge is 0.335 e. The van der Waals surface area contributed by atoms with E-state index in [1.54, 1.807) is 0 Å². The summed E-state index contributed by atoms with van der Waals surface area (Å²) >= 11 is 0. The molecule has 3 aliphatic rings. The number of aliphatic carboxylic acids is 1. The Kier molecular flexibility index (Phi) is 13.4. The van der Waals surface area contributed by atoms with E-state index in [1.165, 1.54) is 13.8 Å². The molecule has 3 aliphatic heterocycles. The number of aliphatic hydroxyl groups is 7. The number of amides is 1. The van der Waals surface area contributed by atoms with Gasteiger partial charge in [0.25, 0.3) is 0 Å². The van der Waals surface area contributed by atoms with Gasteiger partial charge in [-0.15, -0.1) is 0 Å². The Balaban J connectivity index is 1.94. The molecule has 15 atom stereocenters. The number of carboxylic acid groups (broad SMARTS) is 1. The number of hydrogen-bond acceptors (Lipinski definition) is 16. The lowest BCUT2D eigenvalue weighted by atomic mass is 9.94. The fourth-order valence-electron chi connectivity index (χ4n) is 5.15. The summed E-state index contributed by atoms with van der Waals surface area (Å²) in [6, 6.07) is -1.24. The predicted molar refractivity (Wildman–Crippen MR) is 139 cm³/mol. The lowest BCUT2D eigenvalue weighted by molar-refractivity contribution is -0.369. The SMILES string of the molecule is CC(=O)N[C@H]1C(O[C@@H]2OC(C(=O)O)[C@@H](O)C(O)[C@@H]2O)[C@H](O[C@@H]2OC(CO)[C@@H](O)C(O)[C@@H]2O)[C@H](C)O[C@H]1OCCCCCN. The van der Waals surface area contributed by atoms with E-state index in [0.717, 1.165) is 12.8 Å². The van der Waals surface area contributed by atoms with Crippen LogP contribution in [-0.2, 0) is 38.0 Å². The number of hydrogen-bond donors (Lipinski definition) is 10. The van der Waals surface area contributed by atoms with Crippen LogP contribution in [0.5, 0.6) is 0 Å². The normalized spacial score (nSPS) is 43.7. The molecule has 3 saturated heterocycles. The Morgan fingerprint density at radius 1 is 0.791 bits per heavy atom. The molecule has 0 aromatic rings. The maximum atomic E-state index is 12.3. The lowest BCUT2D eigenvalue weighted by Crippen LogP contribution is -2.69. The molecule has 18 heteroatoms. The predicted octanol–water partition coefficient (Wildman–Crippen LogP) is -5.16.